The molecule has 0 bridgehead atoms. The zero-order valence-corrected chi connectivity index (χ0v) is 8.58. The number of hydrogen-bond donors (Lipinski definition) is 2. The molecule has 1 heterocycles. The molecule has 1 aromatic carbocycles. The Kier molecular flexibility index (Phi) is 2.74. The maximum Gasteiger partial charge on any atom is 0.267 e. The second kappa shape index (κ2) is 4.02. The zero-order valence-electron chi connectivity index (χ0n) is 7.68. The van der Waals surface area contributed by atoms with E-state index < -0.39 is 0 Å². The van der Waals surface area contributed by atoms with Crippen LogP contribution in [-0.2, 0) is 0 Å². The van der Waals surface area contributed by atoms with Gasteiger partial charge in [0.2, 0.25) is 0 Å². The van der Waals surface area contributed by atoms with Gasteiger partial charge in [-0.15, -0.1) is 0 Å². The monoisotopic (exact) mass is 208 g/mol. The smallest absolute Gasteiger partial charge is 0.267 e. The average Bonchev–Trinajstić information content (AvgIpc) is 2.65. The fourth-order valence-electron chi connectivity index (χ4n) is 1.46. The van der Waals surface area contributed by atoms with E-state index in [0.717, 1.165) is 13.0 Å². The molecule has 1 amide bonds. The highest BCUT2D eigenvalue weighted by molar-refractivity contribution is 7.80. The first-order chi connectivity index (χ1) is 6.77. The molecule has 74 valence electrons. The Balaban J connectivity index is 2.10. The van der Waals surface area contributed by atoms with Crippen molar-refractivity contribution < 1.29 is 4.79 Å². The minimum Gasteiger partial charge on any atom is -0.273 e. The lowest BCUT2D eigenvalue weighted by Crippen LogP contribution is -2.38. The third kappa shape index (κ3) is 1.91. The number of carbonyl (C=O) groups is 1. The molecule has 14 heavy (non-hydrogen) atoms. The van der Waals surface area contributed by atoms with Crippen molar-refractivity contribution in [2.75, 3.05) is 6.54 Å². The summed E-state index contributed by atoms with van der Waals surface area (Å²) in [6, 6.07) is 9.25. The molecule has 0 aromatic heterocycles. The molecule has 1 unspecified atom stereocenters. The molecule has 0 saturated carbocycles. The lowest BCUT2D eigenvalue weighted by atomic mass is 10.2. The number of thiol groups is 1. The normalized spacial score (nSPS) is 21.2. The first kappa shape index (κ1) is 9.55. The number of rotatable bonds is 1. The van der Waals surface area contributed by atoms with E-state index in [1.165, 1.54) is 0 Å². The standard InChI is InChI=1S/C10H12N2OS/c13-10(8-4-2-1-3-5-8)12-7-6-9(14)11-12/h1-5,9,11,14H,6-7H2. The number of nitrogens with zero attached hydrogens (tertiary/aromatic N) is 1. The van der Waals surface area contributed by atoms with Gasteiger partial charge in [0.1, 0.15) is 0 Å². The summed E-state index contributed by atoms with van der Waals surface area (Å²) in [4.78, 5) is 11.8. The van der Waals surface area contributed by atoms with E-state index in [1.807, 2.05) is 30.3 Å². The van der Waals surface area contributed by atoms with Crippen LogP contribution in [0.2, 0.25) is 0 Å². The number of hydrogen-bond acceptors (Lipinski definition) is 3. The molecule has 1 atom stereocenters. The van der Waals surface area contributed by atoms with Gasteiger partial charge in [-0.05, 0) is 18.6 Å². The van der Waals surface area contributed by atoms with Crippen molar-refractivity contribution in [3.8, 4) is 0 Å². The second-order valence-corrected chi connectivity index (χ2v) is 3.88. The van der Waals surface area contributed by atoms with Crippen LogP contribution < -0.4 is 5.43 Å². The van der Waals surface area contributed by atoms with Crippen molar-refractivity contribution in [1.82, 2.24) is 10.4 Å². The van der Waals surface area contributed by atoms with E-state index in [-0.39, 0.29) is 11.3 Å². The van der Waals surface area contributed by atoms with Crippen LogP contribution in [0.5, 0.6) is 0 Å². The lowest BCUT2D eigenvalue weighted by Gasteiger charge is -2.16. The highest BCUT2D eigenvalue weighted by Crippen LogP contribution is 2.12. The van der Waals surface area contributed by atoms with Gasteiger partial charge < -0.3 is 0 Å². The number of hydrazine groups is 1. The zero-order chi connectivity index (χ0) is 9.97. The molecule has 1 aliphatic rings. The number of nitrogens with one attached hydrogen (secondary N) is 1. The summed E-state index contributed by atoms with van der Waals surface area (Å²) in [7, 11) is 0. The molecule has 0 aliphatic carbocycles. The number of carbonyl (C=O) groups excluding carboxylic acids is 1. The van der Waals surface area contributed by atoms with Gasteiger partial charge in [-0.3, -0.25) is 9.80 Å². The van der Waals surface area contributed by atoms with Crippen molar-refractivity contribution >= 4 is 18.5 Å². The van der Waals surface area contributed by atoms with Crippen molar-refractivity contribution in [3.05, 3.63) is 35.9 Å². The van der Waals surface area contributed by atoms with E-state index in [4.69, 9.17) is 0 Å². The predicted molar refractivity (Wildman–Crippen MR) is 58.0 cm³/mol. The van der Waals surface area contributed by atoms with Crippen LogP contribution in [0.1, 0.15) is 16.8 Å². The fourth-order valence-corrected chi connectivity index (χ4v) is 1.71. The summed E-state index contributed by atoms with van der Waals surface area (Å²) in [5.41, 5.74) is 3.71. The molecule has 2 rings (SSSR count). The van der Waals surface area contributed by atoms with Gasteiger partial charge >= 0.3 is 0 Å². The Morgan fingerprint density at radius 2 is 2.14 bits per heavy atom. The van der Waals surface area contributed by atoms with E-state index in [1.54, 1.807) is 5.01 Å². The summed E-state index contributed by atoms with van der Waals surface area (Å²) in [5, 5.41) is 1.72. The third-order valence-electron chi connectivity index (χ3n) is 2.20. The SMILES string of the molecule is O=C(c1ccccc1)N1CCC(S)N1. The highest BCUT2D eigenvalue weighted by Gasteiger charge is 2.23. The van der Waals surface area contributed by atoms with Crippen molar-refractivity contribution in [1.29, 1.82) is 0 Å². The summed E-state index contributed by atoms with van der Waals surface area (Å²) in [6.45, 7) is 0.724. The Labute approximate surface area is 88.5 Å². The van der Waals surface area contributed by atoms with Crippen LogP contribution in [0, 0.1) is 0 Å². The molecule has 1 saturated heterocycles. The molecule has 1 aromatic rings. The third-order valence-corrected chi connectivity index (χ3v) is 2.57. The second-order valence-electron chi connectivity index (χ2n) is 3.26. The van der Waals surface area contributed by atoms with E-state index in [9.17, 15) is 4.79 Å². The van der Waals surface area contributed by atoms with Gasteiger partial charge in [0, 0.05) is 12.1 Å². The Morgan fingerprint density at radius 1 is 1.43 bits per heavy atom. The average molecular weight is 208 g/mol. The predicted octanol–water partition coefficient (Wildman–Crippen LogP) is 1.29. The summed E-state index contributed by atoms with van der Waals surface area (Å²) < 4.78 is 0. The molecule has 4 heteroatoms. The summed E-state index contributed by atoms with van der Waals surface area (Å²) in [6.07, 6.45) is 0.891. The van der Waals surface area contributed by atoms with Crippen LogP contribution in [-0.4, -0.2) is 22.8 Å². The molecule has 1 fully saturated rings. The molecular weight excluding hydrogens is 196 g/mol. The quantitative estimate of drug-likeness (QED) is 0.682. The van der Waals surface area contributed by atoms with E-state index in [2.05, 4.69) is 18.1 Å². The largest absolute Gasteiger partial charge is 0.273 e. The maximum absolute atomic E-state index is 11.8. The summed E-state index contributed by atoms with van der Waals surface area (Å²) in [5.74, 6) is 0.0159. The lowest BCUT2D eigenvalue weighted by molar-refractivity contribution is 0.0723. The minimum absolute atomic E-state index is 0.0159. The Morgan fingerprint density at radius 3 is 2.71 bits per heavy atom. The van der Waals surface area contributed by atoms with Crippen LogP contribution in [0.25, 0.3) is 0 Å². The first-order valence-corrected chi connectivity index (χ1v) is 5.10. The number of benzene rings is 1. The van der Waals surface area contributed by atoms with Crippen LogP contribution in [0.3, 0.4) is 0 Å². The van der Waals surface area contributed by atoms with E-state index >= 15 is 0 Å². The van der Waals surface area contributed by atoms with Crippen molar-refractivity contribution in [3.63, 3.8) is 0 Å². The van der Waals surface area contributed by atoms with Crippen LogP contribution >= 0.6 is 12.6 Å². The molecule has 0 spiro atoms. The van der Waals surface area contributed by atoms with Gasteiger partial charge in [-0.2, -0.15) is 12.6 Å². The molecule has 1 aliphatic heterocycles. The van der Waals surface area contributed by atoms with Crippen LogP contribution in [0.15, 0.2) is 30.3 Å². The van der Waals surface area contributed by atoms with Gasteiger partial charge in [-0.1, -0.05) is 18.2 Å². The van der Waals surface area contributed by atoms with E-state index in [0.29, 0.717) is 5.56 Å². The van der Waals surface area contributed by atoms with Crippen molar-refractivity contribution in [2.24, 2.45) is 0 Å². The number of amides is 1. The molecule has 0 radical (unpaired) electrons. The van der Waals surface area contributed by atoms with Gasteiger partial charge in [0.15, 0.2) is 0 Å². The van der Waals surface area contributed by atoms with Crippen LogP contribution in [0.4, 0.5) is 0 Å². The molecule has 1 N–H and O–H groups in total. The van der Waals surface area contributed by atoms with Gasteiger partial charge in [0.05, 0.1) is 5.37 Å². The highest BCUT2D eigenvalue weighted by atomic mass is 32.1. The molecular formula is C10H12N2OS. The minimum atomic E-state index is 0.0159. The fraction of sp³-hybridized carbons (Fsp3) is 0.300. The Bertz CT molecular complexity index is 328. The van der Waals surface area contributed by atoms with Gasteiger partial charge in [0.25, 0.3) is 5.91 Å². The molecule has 3 nitrogen and oxygen atoms in total. The Hall–Kier alpha value is -1.00. The van der Waals surface area contributed by atoms with Gasteiger partial charge in [-0.25, -0.2) is 5.43 Å². The summed E-state index contributed by atoms with van der Waals surface area (Å²) >= 11 is 4.25. The topological polar surface area (TPSA) is 32.3 Å². The maximum atomic E-state index is 11.8. The first-order valence-electron chi connectivity index (χ1n) is 4.58. The van der Waals surface area contributed by atoms with Crippen molar-refractivity contribution in [2.45, 2.75) is 11.8 Å².